The first-order valence-corrected chi connectivity index (χ1v) is 11.4. The number of halogens is 5. The molecule has 0 bridgehead atoms. The van der Waals surface area contributed by atoms with Gasteiger partial charge in [0.25, 0.3) is 11.8 Å². The summed E-state index contributed by atoms with van der Waals surface area (Å²) >= 11 is 12.7. The molecule has 2 aromatic heterocycles. The molecule has 4 N–H and O–H groups in total. The number of rotatable bonds is 8. The van der Waals surface area contributed by atoms with E-state index in [1.165, 1.54) is 12.3 Å². The topological polar surface area (TPSA) is 129 Å². The van der Waals surface area contributed by atoms with E-state index in [4.69, 9.17) is 28.3 Å². The van der Waals surface area contributed by atoms with Gasteiger partial charge in [0.2, 0.25) is 0 Å². The van der Waals surface area contributed by atoms with Crippen LogP contribution in [-0.4, -0.2) is 45.0 Å². The van der Waals surface area contributed by atoms with Crippen LogP contribution in [0.3, 0.4) is 0 Å². The summed E-state index contributed by atoms with van der Waals surface area (Å²) in [6, 6.07) is 2.37. The minimum atomic E-state index is -4.68. The number of hydrogen-bond acceptors (Lipinski definition) is 8. The van der Waals surface area contributed by atoms with E-state index >= 15 is 0 Å². The van der Waals surface area contributed by atoms with Crippen LogP contribution >= 0.6 is 34.5 Å². The summed E-state index contributed by atoms with van der Waals surface area (Å²) in [6.45, 7) is 1.62. The molecule has 0 aliphatic carbocycles. The van der Waals surface area contributed by atoms with Crippen molar-refractivity contribution >= 4 is 57.9 Å². The molecule has 0 fully saturated rings. The van der Waals surface area contributed by atoms with E-state index in [1.54, 1.807) is 6.92 Å². The number of aromatic nitrogens is 3. The van der Waals surface area contributed by atoms with Gasteiger partial charge in [0.05, 0.1) is 29.4 Å². The Morgan fingerprint density at radius 1 is 1.17 bits per heavy atom. The molecule has 0 radical (unpaired) electrons. The molecule has 15 heteroatoms. The van der Waals surface area contributed by atoms with E-state index in [0.717, 1.165) is 29.8 Å². The van der Waals surface area contributed by atoms with Crippen molar-refractivity contribution in [1.82, 2.24) is 20.3 Å². The van der Waals surface area contributed by atoms with Crippen LogP contribution in [0.15, 0.2) is 30.7 Å². The molecule has 2 amide bonds. The molecule has 3 rings (SSSR count). The number of benzene rings is 1. The van der Waals surface area contributed by atoms with E-state index in [1.807, 2.05) is 0 Å². The zero-order valence-corrected chi connectivity index (χ0v) is 20.1. The standard InChI is InChI=1S/C20H17Cl2F3N6O3S/c1-9(30-18(34)15-14(22)16(26-4-5-32)29-8-28-15)19-27-7-13(35-19)17(33)31-10-2-3-12(21)11(6-10)20(23,24)25/h2-3,6-9,32H,4-5H2,1H3,(H,30,34)(H,31,33)(H,26,28,29). The summed E-state index contributed by atoms with van der Waals surface area (Å²) in [5.41, 5.74) is -1.27. The Hall–Kier alpha value is -3.00. The number of thiazole rings is 1. The number of anilines is 2. The lowest BCUT2D eigenvalue weighted by Gasteiger charge is -2.13. The molecule has 0 saturated carbocycles. The van der Waals surface area contributed by atoms with Crippen molar-refractivity contribution < 1.29 is 27.9 Å². The molecule has 1 atom stereocenters. The summed E-state index contributed by atoms with van der Waals surface area (Å²) in [7, 11) is 0. The summed E-state index contributed by atoms with van der Waals surface area (Å²) in [5, 5.41) is 16.5. The van der Waals surface area contributed by atoms with Gasteiger partial charge in [0.1, 0.15) is 27.1 Å². The van der Waals surface area contributed by atoms with E-state index in [0.29, 0.717) is 5.01 Å². The number of amides is 2. The number of aliphatic hydroxyl groups excluding tert-OH is 1. The number of carbonyl (C=O) groups is 2. The molecule has 0 saturated heterocycles. The van der Waals surface area contributed by atoms with Gasteiger partial charge in [-0.2, -0.15) is 13.2 Å². The average molecular weight is 549 g/mol. The van der Waals surface area contributed by atoms with Crippen LogP contribution in [0, 0.1) is 0 Å². The van der Waals surface area contributed by atoms with Gasteiger partial charge in [-0.1, -0.05) is 23.2 Å². The molecule has 2 heterocycles. The number of nitrogens with one attached hydrogen (secondary N) is 3. The fourth-order valence-corrected chi connectivity index (χ4v) is 4.05. The molecule has 3 aromatic rings. The number of aliphatic hydroxyl groups is 1. The third-order valence-corrected chi connectivity index (χ3v) is 6.27. The molecule has 35 heavy (non-hydrogen) atoms. The fourth-order valence-electron chi connectivity index (χ4n) is 2.76. The minimum absolute atomic E-state index is 0.0361. The highest BCUT2D eigenvalue weighted by Gasteiger charge is 2.33. The first kappa shape index (κ1) is 26.6. The van der Waals surface area contributed by atoms with Crippen LogP contribution in [0.25, 0.3) is 0 Å². The quantitative estimate of drug-likeness (QED) is 0.328. The maximum absolute atomic E-state index is 13.0. The Balaban J connectivity index is 1.69. The Morgan fingerprint density at radius 3 is 2.60 bits per heavy atom. The predicted octanol–water partition coefficient (Wildman–Crippen LogP) is 4.41. The number of alkyl halides is 3. The van der Waals surface area contributed by atoms with Crippen LogP contribution in [0.1, 0.15) is 43.7 Å². The number of hydrogen-bond donors (Lipinski definition) is 4. The lowest BCUT2D eigenvalue weighted by atomic mass is 10.2. The predicted molar refractivity (Wildman–Crippen MR) is 125 cm³/mol. The van der Waals surface area contributed by atoms with Crippen LogP contribution in [0.4, 0.5) is 24.7 Å². The van der Waals surface area contributed by atoms with Crippen LogP contribution in [0.5, 0.6) is 0 Å². The van der Waals surface area contributed by atoms with E-state index in [9.17, 15) is 22.8 Å². The van der Waals surface area contributed by atoms with E-state index in [-0.39, 0.29) is 40.3 Å². The van der Waals surface area contributed by atoms with Crippen molar-refractivity contribution in [3.05, 3.63) is 61.9 Å². The molecule has 1 unspecified atom stereocenters. The summed E-state index contributed by atoms with van der Waals surface area (Å²) in [5.74, 6) is -1.13. The first-order chi connectivity index (χ1) is 16.5. The molecule has 186 valence electrons. The molecule has 9 nitrogen and oxygen atoms in total. The Bertz CT molecular complexity index is 1240. The molecular weight excluding hydrogens is 532 g/mol. The zero-order chi connectivity index (χ0) is 25.8. The normalized spacial score (nSPS) is 12.2. The maximum Gasteiger partial charge on any atom is 0.417 e. The Labute approximate surface area is 210 Å². The van der Waals surface area contributed by atoms with Crippen LogP contribution in [-0.2, 0) is 6.18 Å². The van der Waals surface area contributed by atoms with Crippen molar-refractivity contribution in [2.75, 3.05) is 23.8 Å². The summed E-state index contributed by atoms with van der Waals surface area (Å²) in [6.07, 6.45) is -2.30. The Morgan fingerprint density at radius 2 is 1.91 bits per heavy atom. The number of nitrogens with zero attached hydrogens (tertiary/aromatic N) is 3. The zero-order valence-electron chi connectivity index (χ0n) is 17.8. The second-order valence-electron chi connectivity index (χ2n) is 6.94. The van der Waals surface area contributed by atoms with Gasteiger partial charge in [0.15, 0.2) is 5.69 Å². The summed E-state index contributed by atoms with van der Waals surface area (Å²) < 4.78 is 39.1. The average Bonchev–Trinajstić information content (AvgIpc) is 3.29. The first-order valence-electron chi connectivity index (χ1n) is 9.81. The lowest BCUT2D eigenvalue weighted by Crippen LogP contribution is -2.28. The SMILES string of the molecule is CC(NC(=O)c1ncnc(NCCO)c1Cl)c1ncc(C(=O)Nc2ccc(Cl)c(C(F)(F)F)c2)s1. The fraction of sp³-hybridized carbons (Fsp3) is 0.250. The molecule has 0 aliphatic heterocycles. The summed E-state index contributed by atoms with van der Waals surface area (Å²) in [4.78, 5) is 37.1. The molecule has 0 aliphatic rings. The minimum Gasteiger partial charge on any atom is -0.395 e. The number of carbonyl (C=O) groups excluding carboxylic acids is 2. The molecular formula is C20H17Cl2F3N6O3S. The van der Waals surface area contributed by atoms with Crippen molar-refractivity contribution in [2.24, 2.45) is 0 Å². The van der Waals surface area contributed by atoms with Gasteiger partial charge in [-0.3, -0.25) is 9.59 Å². The molecule has 0 spiro atoms. The Kier molecular flexibility index (Phi) is 8.48. The van der Waals surface area contributed by atoms with Crippen molar-refractivity contribution in [3.8, 4) is 0 Å². The third-order valence-electron chi connectivity index (χ3n) is 4.40. The second-order valence-corrected chi connectivity index (χ2v) is 8.79. The van der Waals surface area contributed by atoms with Crippen molar-refractivity contribution in [1.29, 1.82) is 0 Å². The van der Waals surface area contributed by atoms with Crippen molar-refractivity contribution in [2.45, 2.75) is 19.1 Å². The van der Waals surface area contributed by atoms with Gasteiger partial charge in [-0.05, 0) is 25.1 Å². The highest BCUT2D eigenvalue weighted by molar-refractivity contribution is 7.13. The third kappa shape index (κ3) is 6.57. The maximum atomic E-state index is 13.0. The second kappa shape index (κ2) is 11.2. The van der Waals surface area contributed by atoms with Gasteiger partial charge in [-0.15, -0.1) is 11.3 Å². The van der Waals surface area contributed by atoms with Gasteiger partial charge in [-0.25, -0.2) is 15.0 Å². The largest absolute Gasteiger partial charge is 0.417 e. The van der Waals surface area contributed by atoms with Gasteiger partial charge >= 0.3 is 6.18 Å². The highest BCUT2D eigenvalue weighted by atomic mass is 35.5. The smallest absolute Gasteiger partial charge is 0.395 e. The van der Waals surface area contributed by atoms with Gasteiger partial charge in [0, 0.05) is 12.2 Å². The van der Waals surface area contributed by atoms with Crippen molar-refractivity contribution in [3.63, 3.8) is 0 Å². The van der Waals surface area contributed by atoms with Crippen LogP contribution < -0.4 is 16.0 Å². The van der Waals surface area contributed by atoms with Crippen LogP contribution in [0.2, 0.25) is 10.0 Å². The van der Waals surface area contributed by atoms with E-state index in [2.05, 4.69) is 30.9 Å². The highest BCUT2D eigenvalue weighted by Crippen LogP contribution is 2.36. The monoisotopic (exact) mass is 548 g/mol. The molecule has 1 aromatic carbocycles. The van der Waals surface area contributed by atoms with E-state index < -0.39 is 34.6 Å². The van der Waals surface area contributed by atoms with Gasteiger partial charge < -0.3 is 21.1 Å². The lowest BCUT2D eigenvalue weighted by molar-refractivity contribution is -0.137.